The van der Waals surface area contributed by atoms with Crippen LogP contribution in [0.25, 0.3) is 0 Å². The van der Waals surface area contributed by atoms with E-state index in [2.05, 4.69) is 33.8 Å². The van der Waals surface area contributed by atoms with Gasteiger partial charge in [0.2, 0.25) is 5.91 Å². The molecule has 0 bridgehead atoms. The Labute approximate surface area is 176 Å². The number of carbonyl (C=O) groups excluding carboxylic acids is 2. The zero-order chi connectivity index (χ0) is 20.8. The monoisotopic (exact) mass is 399 g/mol. The minimum absolute atomic E-state index is 0.00279. The molecule has 2 amide bonds. The number of carbonyl (C=O) groups is 2. The van der Waals surface area contributed by atoms with Crippen LogP contribution in [0, 0.1) is 0 Å². The van der Waals surface area contributed by atoms with Gasteiger partial charge in [0.05, 0.1) is 6.42 Å². The maximum Gasteiger partial charge on any atom is 0.255 e. The molecule has 3 aromatic rings. The van der Waals surface area contributed by atoms with Gasteiger partial charge in [0.1, 0.15) is 0 Å². The Balaban J connectivity index is 1.32. The van der Waals surface area contributed by atoms with Gasteiger partial charge >= 0.3 is 0 Å². The zero-order valence-corrected chi connectivity index (χ0v) is 16.9. The maximum atomic E-state index is 12.4. The van der Waals surface area contributed by atoms with E-state index in [0.29, 0.717) is 24.2 Å². The minimum Gasteiger partial charge on any atom is -0.352 e. The molecule has 30 heavy (non-hydrogen) atoms. The van der Waals surface area contributed by atoms with E-state index in [9.17, 15) is 9.59 Å². The lowest BCUT2D eigenvalue weighted by atomic mass is 9.90. The highest BCUT2D eigenvalue weighted by molar-refractivity contribution is 6.04. The van der Waals surface area contributed by atoms with Gasteiger partial charge in [-0.15, -0.1) is 0 Å². The third-order valence-corrected chi connectivity index (χ3v) is 5.39. The number of rotatable bonds is 6. The summed E-state index contributed by atoms with van der Waals surface area (Å²) in [5, 5.41) is 5.86. The van der Waals surface area contributed by atoms with E-state index in [0.717, 1.165) is 24.0 Å². The summed E-state index contributed by atoms with van der Waals surface area (Å²) in [6.45, 7) is 0.419. The molecule has 152 valence electrons. The summed E-state index contributed by atoms with van der Waals surface area (Å²) in [7, 11) is 0. The molecule has 0 aliphatic heterocycles. The number of hydrogen-bond donors (Lipinski definition) is 2. The maximum absolute atomic E-state index is 12.4. The largest absolute Gasteiger partial charge is 0.352 e. The van der Waals surface area contributed by atoms with Crippen molar-refractivity contribution in [2.24, 2.45) is 0 Å². The molecule has 0 saturated heterocycles. The fraction of sp³-hybridized carbons (Fsp3) is 0.240. The van der Waals surface area contributed by atoms with Gasteiger partial charge in [-0.05, 0) is 72.2 Å². The minimum atomic E-state index is -0.189. The highest BCUT2D eigenvalue weighted by Crippen LogP contribution is 2.22. The fourth-order valence-corrected chi connectivity index (χ4v) is 3.81. The topological polar surface area (TPSA) is 71.1 Å². The van der Waals surface area contributed by atoms with Crippen molar-refractivity contribution in [2.45, 2.75) is 38.6 Å². The quantitative estimate of drug-likeness (QED) is 0.656. The molecule has 0 unspecified atom stereocenters. The van der Waals surface area contributed by atoms with Crippen molar-refractivity contribution in [1.29, 1.82) is 0 Å². The molecule has 1 aliphatic rings. The summed E-state index contributed by atoms with van der Waals surface area (Å²) in [5.74, 6) is -0.192. The lowest BCUT2D eigenvalue weighted by Gasteiger charge is -2.16. The molecule has 1 aliphatic carbocycles. The molecule has 0 fully saturated rings. The average Bonchev–Trinajstić information content (AvgIpc) is 2.78. The van der Waals surface area contributed by atoms with Gasteiger partial charge in [0.25, 0.3) is 5.91 Å². The number of fused-ring (bicyclic) bond motifs is 1. The van der Waals surface area contributed by atoms with Gasteiger partial charge in [-0.1, -0.05) is 30.3 Å². The molecule has 5 nitrogen and oxygen atoms in total. The van der Waals surface area contributed by atoms with Crippen LogP contribution in [0.3, 0.4) is 0 Å². The van der Waals surface area contributed by atoms with Crippen LogP contribution in [0.1, 0.15) is 45.5 Å². The van der Waals surface area contributed by atoms with Crippen molar-refractivity contribution < 1.29 is 9.59 Å². The van der Waals surface area contributed by atoms with Crippen LogP contribution >= 0.6 is 0 Å². The molecule has 2 aromatic carbocycles. The summed E-state index contributed by atoms with van der Waals surface area (Å²) in [5.41, 5.74) is 6.06. The van der Waals surface area contributed by atoms with E-state index in [1.165, 1.54) is 24.0 Å². The first-order valence-electron chi connectivity index (χ1n) is 10.3. The lowest BCUT2D eigenvalue weighted by Crippen LogP contribution is -2.24. The van der Waals surface area contributed by atoms with E-state index in [1.807, 2.05) is 24.3 Å². The van der Waals surface area contributed by atoms with Gasteiger partial charge in [-0.2, -0.15) is 0 Å². The SMILES string of the molecule is O=C(Cc1ccc2c(c1)CCCC2)NCc1cccc(NC(=O)c2ccncc2)c1. The third kappa shape index (κ3) is 5.11. The molecule has 0 spiro atoms. The van der Waals surface area contributed by atoms with Crippen LogP contribution in [-0.2, 0) is 30.6 Å². The lowest BCUT2D eigenvalue weighted by molar-refractivity contribution is -0.120. The van der Waals surface area contributed by atoms with Crippen molar-refractivity contribution in [1.82, 2.24) is 10.3 Å². The molecule has 1 aromatic heterocycles. The molecule has 2 N–H and O–H groups in total. The second-order valence-electron chi connectivity index (χ2n) is 7.65. The van der Waals surface area contributed by atoms with Crippen molar-refractivity contribution in [3.05, 3.63) is 94.8 Å². The number of nitrogens with one attached hydrogen (secondary N) is 2. The van der Waals surface area contributed by atoms with Gasteiger partial charge < -0.3 is 10.6 Å². The number of pyridine rings is 1. The van der Waals surface area contributed by atoms with Crippen molar-refractivity contribution in [3.8, 4) is 0 Å². The molecule has 1 heterocycles. The number of anilines is 1. The van der Waals surface area contributed by atoms with E-state index < -0.39 is 0 Å². The second-order valence-corrected chi connectivity index (χ2v) is 7.65. The highest BCUT2D eigenvalue weighted by Gasteiger charge is 2.11. The summed E-state index contributed by atoms with van der Waals surface area (Å²) in [6, 6.07) is 17.3. The van der Waals surface area contributed by atoms with Gasteiger partial charge in [-0.25, -0.2) is 0 Å². The Bertz CT molecular complexity index is 1050. The van der Waals surface area contributed by atoms with Crippen molar-refractivity contribution in [3.63, 3.8) is 0 Å². The third-order valence-electron chi connectivity index (χ3n) is 5.39. The number of aromatic nitrogens is 1. The Morgan fingerprint density at radius 3 is 2.50 bits per heavy atom. The summed E-state index contributed by atoms with van der Waals surface area (Å²) >= 11 is 0. The molecular formula is C25H25N3O2. The molecule has 5 heteroatoms. The number of nitrogens with zero attached hydrogens (tertiary/aromatic N) is 1. The predicted octanol–water partition coefficient (Wildman–Crippen LogP) is 4.07. The number of hydrogen-bond acceptors (Lipinski definition) is 3. The summed E-state index contributed by atoms with van der Waals surface area (Å²) < 4.78 is 0. The van der Waals surface area contributed by atoms with E-state index in [-0.39, 0.29) is 11.8 Å². The second kappa shape index (κ2) is 9.35. The Morgan fingerprint density at radius 1 is 0.867 bits per heavy atom. The molecule has 0 radical (unpaired) electrons. The van der Waals surface area contributed by atoms with Crippen LogP contribution in [0.4, 0.5) is 5.69 Å². The Morgan fingerprint density at radius 2 is 1.67 bits per heavy atom. The first kappa shape index (κ1) is 19.8. The van der Waals surface area contributed by atoms with Gasteiger partial charge in [0, 0.05) is 30.2 Å². The van der Waals surface area contributed by atoms with E-state index >= 15 is 0 Å². The van der Waals surface area contributed by atoms with Crippen LogP contribution in [-0.4, -0.2) is 16.8 Å². The van der Waals surface area contributed by atoms with Gasteiger partial charge in [0.15, 0.2) is 0 Å². The smallest absolute Gasteiger partial charge is 0.255 e. The summed E-state index contributed by atoms with van der Waals surface area (Å²) in [4.78, 5) is 28.6. The number of aryl methyl sites for hydroxylation is 2. The van der Waals surface area contributed by atoms with Crippen LogP contribution in [0.2, 0.25) is 0 Å². The highest BCUT2D eigenvalue weighted by atomic mass is 16.2. The summed E-state index contributed by atoms with van der Waals surface area (Å²) in [6.07, 6.45) is 8.31. The van der Waals surface area contributed by atoms with Gasteiger partial charge in [-0.3, -0.25) is 14.6 Å². The molecular weight excluding hydrogens is 374 g/mol. The van der Waals surface area contributed by atoms with Crippen LogP contribution in [0.15, 0.2) is 67.0 Å². The van der Waals surface area contributed by atoms with Crippen LogP contribution in [0.5, 0.6) is 0 Å². The normalized spacial score (nSPS) is 12.7. The molecule has 0 saturated carbocycles. The fourth-order valence-electron chi connectivity index (χ4n) is 3.81. The molecule has 0 atom stereocenters. The van der Waals surface area contributed by atoms with E-state index in [4.69, 9.17) is 0 Å². The van der Waals surface area contributed by atoms with Crippen molar-refractivity contribution >= 4 is 17.5 Å². The standard InChI is InChI=1S/C25H25N3O2/c29-24(16-18-8-9-20-5-1-2-6-22(20)14-18)27-17-19-4-3-7-23(15-19)28-25(30)21-10-12-26-13-11-21/h3-4,7-15H,1-2,5-6,16-17H2,(H,27,29)(H,28,30). The zero-order valence-electron chi connectivity index (χ0n) is 16.9. The number of amides is 2. The molecule has 4 rings (SSSR count). The average molecular weight is 399 g/mol. The van der Waals surface area contributed by atoms with E-state index in [1.54, 1.807) is 24.5 Å². The number of benzene rings is 2. The Kier molecular flexibility index (Phi) is 6.18. The Hall–Kier alpha value is -3.47. The van der Waals surface area contributed by atoms with Crippen molar-refractivity contribution in [2.75, 3.05) is 5.32 Å². The first-order chi connectivity index (χ1) is 14.7. The predicted molar refractivity (Wildman–Crippen MR) is 117 cm³/mol. The first-order valence-corrected chi connectivity index (χ1v) is 10.3. The van der Waals surface area contributed by atoms with Crippen LogP contribution < -0.4 is 10.6 Å².